The standard InChI is InChI=1S/C20H22ClFN2O3S/c1-2-11-24(13-14-3-4-14)20(25)15-5-7-16(8-6-15)23-28(26,27)17-9-10-19(22)18(21)12-17/h5-10,12,14,23H,2-4,11,13H2,1H3. The number of anilines is 1. The van der Waals surface area contributed by atoms with Crippen LogP contribution in [-0.2, 0) is 10.0 Å². The van der Waals surface area contributed by atoms with Crippen molar-refractivity contribution in [3.8, 4) is 0 Å². The van der Waals surface area contributed by atoms with Gasteiger partial charge in [0.2, 0.25) is 0 Å². The van der Waals surface area contributed by atoms with Crippen molar-refractivity contribution in [2.24, 2.45) is 5.92 Å². The SMILES string of the molecule is CCCN(CC1CC1)C(=O)c1ccc(NS(=O)(=O)c2ccc(F)c(Cl)c2)cc1. The second-order valence-electron chi connectivity index (χ2n) is 6.95. The third-order valence-electron chi connectivity index (χ3n) is 4.54. The molecule has 0 spiro atoms. The van der Waals surface area contributed by atoms with E-state index in [-0.39, 0.29) is 15.8 Å². The molecular formula is C20H22ClFN2O3S. The molecule has 0 aromatic heterocycles. The fourth-order valence-corrected chi connectivity index (χ4v) is 4.21. The summed E-state index contributed by atoms with van der Waals surface area (Å²) in [6, 6.07) is 9.48. The fraction of sp³-hybridized carbons (Fsp3) is 0.350. The van der Waals surface area contributed by atoms with Crippen LogP contribution in [0.4, 0.5) is 10.1 Å². The number of carbonyl (C=O) groups excluding carboxylic acids is 1. The van der Waals surface area contributed by atoms with Crippen LogP contribution in [0.5, 0.6) is 0 Å². The van der Waals surface area contributed by atoms with Gasteiger partial charge in [0.25, 0.3) is 15.9 Å². The topological polar surface area (TPSA) is 66.5 Å². The second kappa shape index (κ2) is 8.49. The van der Waals surface area contributed by atoms with Crippen LogP contribution >= 0.6 is 11.6 Å². The number of hydrogen-bond donors (Lipinski definition) is 1. The van der Waals surface area contributed by atoms with Gasteiger partial charge in [0.1, 0.15) is 5.82 Å². The Hall–Kier alpha value is -2.12. The fourth-order valence-electron chi connectivity index (χ4n) is 2.88. The first-order valence-electron chi connectivity index (χ1n) is 9.17. The Balaban J connectivity index is 1.72. The largest absolute Gasteiger partial charge is 0.338 e. The monoisotopic (exact) mass is 424 g/mol. The van der Waals surface area contributed by atoms with E-state index in [9.17, 15) is 17.6 Å². The Kier molecular flexibility index (Phi) is 6.25. The Morgan fingerprint density at radius 2 is 1.89 bits per heavy atom. The third kappa shape index (κ3) is 5.02. The molecule has 1 aliphatic carbocycles. The van der Waals surface area contributed by atoms with E-state index in [1.165, 1.54) is 25.0 Å². The Bertz CT molecular complexity index is 960. The molecule has 3 rings (SSSR count). The molecule has 0 bridgehead atoms. The van der Waals surface area contributed by atoms with Gasteiger partial charge in [-0.25, -0.2) is 12.8 Å². The molecule has 0 atom stereocenters. The molecule has 150 valence electrons. The molecule has 0 heterocycles. The van der Waals surface area contributed by atoms with E-state index in [0.717, 1.165) is 31.2 Å². The molecule has 1 fully saturated rings. The van der Waals surface area contributed by atoms with Crippen molar-refractivity contribution >= 4 is 33.2 Å². The number of sulfonamides is 1. The average Bonchev–Trinajstić information content (AvgIpc) is 3.47. The number of hydrogen-bond acceptors (Lipinski definition) is 3. The molecule has 28 heavy (non-hydrogen) atoms. The van der Waals surface area contributed by atoms with Gasteiger partial charge in [-0.1, -0.05) is 18.5 Å². The molecule has 1 aliphatic rings. The summed E-state index contributed by atoms with van der Waals surface area (Å²) in [5.74, 6) is -0.135. The van der Waals surface area contributed by atoms with Gasteiger partial charge in [-0.2, -0.15) is 0 Å². The van der Waals surface area contributed by atoms with E-state index in [1.54, 1.807) is 12.1 Å². The predicted molar refractivity (Wildman–Crippen MR) is 108 cm³/mol. The lowest BCUT2D eigenvalue weighted by atomic mass is 10.1. The van der Waals surface area contributed by atoms with E-state index >= 15 is 0 Å². The lowest BCUT2D eigenvalue weighted by Crippen LogP contribution is -2.33. The second-order valence-corrected chi connectivity index (χ2v) is 9.04. The van der Waals surface area contributed by atoms with Crippen LogP contribution in [0.1, 0.15) is 36.5 Å². The van der Waals surface area contributed by atoms with Crippen molar-refractivity contribution in [1.29, 1.82) is 0 Å². The van der Waals surface area contributed by atoms with E-state index in [4.69, 9.17) is 11.6 Å². The maximum Gasteiger partial charge on any atom is 0.261 e. The van der Waals surface area contributed by atoms with Gasteiger partial charge in [0, 0.05) is 24.3 Å². The summed E-state index contributed by atoms with van der Waals surface area (Å²) in [7, 11) is -3.91. The lowest BCUT2D eigenvalue weighted by molar-refractivity contribution is 0.0747. The zero-order chi connectivity index (χ0) is 20.3. The van der Waals surface area contributed by atoms with E-state index in [1.807, 2.05) is 11.8 Å². The first-order chi connectivity index (χ1) is 13.3. The van der Waals surface area contributed by atoms with Crippen LogP contribution in [0.25, 0.3) is 0 Å². The van der Waals surface area contributed by atoms with Crippen molar-refractivity contribution < 1.29 is 17.6 Å². The van der Waals surface area contributed by atoms with E-state index in [2.05, 4.69) is 4.72 Å². The average molecular weight is 425 g/mol. The van der Waals surface area contributed by atoms with Crippen LogP contribution in [0.3, 0.4) is 0 Å². The maximum atomic E-state index is 13.3. The van der Waals surface area contributed by atoms with Crippen LogP contribution < -0.4 is 4.72 Å². The highest BCUT2D eigenvalue weighted by molar-refractivity contribution is 7.92. The van der Waals surface area contributed by atoms with Crippen molar-refractivity contribution in [2.75, 3.05) is 17.8 Å². The zero-order valence-electron chi connectivity index (χ0n) is 15.5. The van der Waals surface area contributed by atoms with Crippen LogP contribution in [-0.4, -0.2) is 32.3 Å². The van der Waals surface area contributed by atoms with Gasteiger partial charge < -0.3 is 4.90 Å². The molecule has 8 heteroatoms. The number of carbonyl (C=O) groups is 1. The summed E-state index contributed by atoms with van der Waals surface area (Å²) in [6.07, 6.45) is 3.22. The molecule has 0 saturated heterocycles. The minimum absolute atomic E-state index is 0.0477. The molecule has 5 nitrogen and oxygen atoms in total. The Morgan fingerprint density at radius 3 is 2.46 bits per heavy atom. The number of amides is 1. The van der Waals surface area contributed by atoms with Gasteiger partial charge in [-0.3, -0.25) is 9.52 Å². The molecule has 0 radical (unpaired) electrons. The van der Waals surface area contributed by atoms with Crippen LogP contribution in [0.2, 0.25) is 5.02 Å². The molecular weight excluding hydrogens is 403 g/mol. The summed E-state index contributed by atoms with van der Waals surface area (Å²) < 4.78 is 40.5. The van der Waals surface area contributed by atoms with Crippen molar-refractivity contribution in [3.63, 3.8) is 0 Å². The van der Waals surface area contributed by atoms with Crippen molar-refractivity contribution in [2.45, 2.75) is 31.1 Å². The van der Waals surface area contributed by atoms with E-state index in [0.29, 0.717) is 23.7 Å². The predicted octanol–water partition coefficient (Wildman–Crippen LogP) is 4.54. The summed E-state index contributed by atoms with van der Waals surface area (Å²) in [4.78, 5) is 14.4. The molecule has 2 aromatic carbocycles. The minimum Gasteiger partial charge on any atom is -0.338 e. The quantitative estimate of drug-likeness (QED) is 0.676. The smallest absolute Gasteiger partial charge is 0.261 e. The highest BCUT2D eigenvalue weighted by atomic mass is 35.5. The Labute approximate surface area is 169 Å². The number of nitrogens with one attached hydrogen (secondary N) is 1. The summed E-state index contributed by atoms with van der Waals surface area (Å²) in [6.45, 7) is 3.51. The van der Waals surface area contributed by atoms with Crippen LogP contribution in [0.15, 0.2) is 47.4 Å². The maximum absolute atomic E-state index is 13.3. The molecule has 1 amide bonds. The summed E-state index contributed by atoms with van der Waals surface area (Å²) in [5.41, 5.74) is 0.822. The highest BCUT2D eigenvalue weighted by Crippen LogP contribution is 2.30. The molecule has 0 aliphatic heterocycles. The first kappa shape index (κ1) is 20.6. The molecule has 0 unspecified atom stereocenters. The molecule has 1 N–H and O–H groups in total. The molecule has 1 saturated carbocycles. The van der Waals surface area contributed by atoms with Gasteiger partial charge >= 0.3 is 0 Å². The van der Waals surface area contributed by atoms with Gasteiger partial charge in [0.05, 0.1) is 9.92 Å². The number of benzene rings is 2. The number of rotatable bonds is 8. The van der Waals surface area contributed by atoms with Crippen molar-refractivity contribution in [3.05, 3.63) is 58.9 Å². The third-order valence-corrected chi connectivity index (χ3v) is 6.21. The van der Waals surface area contributed by atoms with Crippen LogP contribution in [0, 0.1) is 11.7 Å². The Morgan fingerprint density at radius 1 is 1.21 bits per heavy atom. The van der Waals surface area contributed by atoms with Gasteiger partial charge in [0.15, 0.2) is 0 Å². The van der Waals surface area contributed by atoms with Gasteiger partial charge in [-0.15, -0.1) is 0 Å². The zero-order valence-corrected chi connectivity index (χ0v) is 17.1. The first-order valence-corrected chi connectivity index (χ1v) is 11.0. The molecule has 2 aromatic rings. The number of halogens is 2. The normalized spacial score (nSPS) is 14.0. The summed E-state index contributed by atoms with van der Waals surface area (Å²) >= 11 is 5.66. The van der Waals surface area contributed by atoms with Crippen molar-refractivity contribution in [1.82, 2.24) is 4.90 Å². The minimum atomic E-state index is -3.91. The highest BCUT2D eigenvalue weighted by Gasteiger charge is 2.27. The van der Waals surface area contributed by atoms with E-state index < -0.39 is 15.8 Å². The number of nitrogens with zero attached hydrogens (tertiary/aromatic N) is 1. The lowest BCUT2D eigenvalue weighted by Gasteiger charge is -2.22. The van der Waals surface area contributed by atoms with Gasteiger partial charge in [-0.05, 0) is 67.6 Å². The summed E-state index contributed by atoms with van der Waals surface area (Å²) in [5, 5.41) is -0.268.